The van der Waals surface area contributed by atoms with E-state index in [2.05, 4.69) is 39.7 Å². The summed E-state index contributed by atoms with van der Waals surface area (Å²) in [4.78, 5) is 17.0. The highest BCUT2D eigenvalue weighted by molar-refractivity contribution is 5.97. The first kappa shape index (κ1) is 18.9. The molecule has 0 atom stereocenters. The Balaban J connectivity index is 1.37. The molecule has 148 valence electrons. The summed E-state index contributed by atoms with van der Waals surface area (Å²) in [6, 6.07) is 17.7. The summed E-state index contributed by atoms with van der Waals surface area (Å²) >= 11 is 0. The van der Waals surface area contributed by atoms with E-state index in [0.717, 1.165) is 30.7 Å². The summed E-state index contributed by atoms with van der Waals surface area (Å²) in [7, 11) is 1.89. The average Bonchev–Trinajstić information content (AvgIpc) is 3.28. The highest BCUT2D eigenvalue weighted by atomic mass is 16.3. The number of rotatable bonds is 7. The Morgan fingerprint density at radius 2 is 1.93 bits per heavy atom. The Kier molecular flexibility index (Phi) is 5.42. The largest absolute Gasteiger partial charge is 0.441 e. The number of nitrogens with one attached hydrogen (secondary N) is 1. The van der Waals surface area contributed by atoms with E-state index >= 15 is 0 Å². The number of hydrogen-bond donors (Lipinski definition) is 1. The third-order valence-corrected chi connectivity index (χ3v) is 4.99. The second kappa shape index (κ2) is 8.31. The highest BCUT2D eigenvalue weighted by Crippen LogP contribution is 2.19. The molecule has 4 rings (SSSR count). The number of aryl methyl sites for hydroxylation is 4. The zero-order valence-corrected chi connectivity index (χ0v) is 16.7. The second-order valence-corrected chi connectivity index (χ2v) is 7.21. The number of amides is 1. The molecular formula is C23H24N4O2. The van der Waals surface area contributed by atoms with Crippen molar-refractivity contribution in [1.82, 2.24) is 20.1 Å². The topological polar surface area (TPSA) is 73.0 Å². The van der Waals surface area contributed by atoms with Gasteiger partial charge in [-0.1, -0.05) is 30.3 Å². The lowest BCUT2D eigenvalue weighted by atomic mass is 10.1. The van der Waals surface area contributed by atoms with E-state index in [4.69, 9.17) is 4.42 Å². The van der Waals surface area contributed by atoms with Gasteiger partial charge in [0.2, 0.25) is 0 Å². The molecule has 1 N–H and O–H groups in total. The fourth-order valence-electron chi connectivity index (χ4n) is 3.31. The summed E-state index contributed by atoms with van der Waals surface area (Å²) in [6.07, 6.45) is 2.72. The maximum atomic E-state index is 12.5. The van der Waals surface area contributed by atoms with Crippen LogP contribution in [0, 0.1) is 6.92 Å². The number of carbonyl (C=O) groups excluding carboxylic acids is 1. The molecule has 2 aromatic carbocycles. The van der Waals surface area contributed by atoms with Gasteiger partial charge in [0.25, 0.3) is 5.91 Å². The molecule has 6 nitrogen and oxygen atoms in total. The Morgan fingerprint density at radius 1 is 1.10 bits per heavy atom. The van der Waals surface area contributed by atoms with Gasteiger partial charge >= 0.3 is 0 Å². The Morgan fingerprint density at radius 3 is 2.69 bits per heavy atom. The van der Waals surface area contributed by atoms with Gasteiger partial charge in [0.15, 0.2) is 11.5 Å². The van der Waals surface area contributed by atoms with Crippen molar-refractivity contribution >= 4 is 17.0 Å². The van der Waals surface area contributed by atoms with Crippen LogP contribution in [0.4, 0.5) is 0 Å². The van der Waals surface area contributed by atoms with Crippen LogP contribution in [0.25, 0.3) is 11.1 Å². The predicted molar refractivity (Wildman–Crippen MR) is 112 cm³/mol. The zero-order chi connectivity index (χ0) is 20.2. The number of hydrogen-bond acceptors (Lipinski definition) is 4. The summed E-state index contributed by atoms with van der Waals surface area (Å²) in [5.74, 6) is 0.557. The Hall–Kier alpha value is -3.41. The van der Waals surface area contributed by atoms with Crippen LogP contribution >= 0.6 is 0 Å². The third kappa shape index (κ3) is 4.54. The smallest absolute Gasteiger partial charge is 0.251 e. The number of carbonyl (C=O) groups is 1. The summed E-state index contributed by atoms with van der Waals surface area (Å²) in [5, 5.41) is 7.26. The van der Waals surface area contributed by atoms with Crippen LogP contribution in [0.1, 0.15) is 39.6 Å². The molecule has 0 spiro atoms. The highest BCUT2D eigenvalue weighted by Gasteiger charge is 2.11. The number of aromatic nitrogens is 3. The van der Waals surface area contributed by atoms with Gasteiger partial charge in [0, 0.05) is 24.7 Å². The fraction of sp³-hybridized carbons (Fsp3) is 0.261. The van der Waals surface area contributed by atoms with Crippen LogP contribution in [0.2, 0.25) is 0 Å². The van der Waals surface area contributed by atoms with E-state index in [9.17, 15) is 4.79 Å². The molecule has 2 heterocycles. The molecule has 0 aliphatic rings. The minimum Gasteiger partial charge on any atom is -0.441 e. The maximum absolute atomic E-state index is 12.5. The summed E-state index contributed by atoms with van der Waals surface area (Å²) in [6.45, 7) is 2.37. The molecule has 0 saturated heterocycles. The zero-order valence-electron chi connectivity index (χ0n) is 16.7. The van der Waals surface area contributed by atoms with Crippen LogP contribution in [0.15, 0.2) is 59.0 Å². The van der Waals surface area contributed by atoms with E-state index in [1.54, 1.807) is 16.8 Å². The quantitative estimate of drug-likeness (QED) is 0.520. The van der Waals surface area contributed by atoms with Crippen molar-refractivity contribution < 1.29 is 9.21 Å². The van der Waals surface area contributed by atoms with Crippen molar-refractivity contribution in [2.75, 3.05) is 0 Å². The van der Waals surface area contributed by atoms with Crippen molar-refractivity contribution in [3.05, 3.63) is 83.0 Å². The lowest BCUT2D eigenvalue weighted by molar-refractivity contribution is 0.0950. The number of benzene rings is 2. The van der Waals surface area contributed by atoms with Crippen molar-refractivity contribution in [3.63, 3.8) is 0 Å². The fourth-order valence-corrected chi connectivity index (χ4v) is 3.31. The summed E-state index contributed by atoms with van der Waals surface area (Å²) in [5.41, 5.74) is 5.18. The standard InChI is InChI=1S/C23H24N4O2/c1-16-13-19(26-27(16)2)15-24-23(28)18-11-12-21-20(14-18)25-22(29-21)10-6-9-17-7-4-3-5-8-17/h3-5,7-8,11-14H,6,9-10,15H2,1-2H3,(H,24,28). The normalized spacial score (nSPS) is 11.1. The van der Waals surface area contributed by atoms with Crippen molar-refractivity contribution in [2.24, 2.45) is 7.05 Å². The molecule has 0 aliphatic heterocycles. The first-order valence-electron chi connectivity index (χ1n) is 9.79. The average molecular weight is 388 g/mol. The van der Waals surface area contributed by atoms with E-state index in [1.807, 2.05) is 32.2 Å². The van der Waals surface area contributed by atoms with Gasteiger partial charge in [0.1, 0.15) is 5.52 Å². The van der Waals surface area contributed by atoms with Gasteiger partial charge in [-0.3, -0.25) is 9.48 Å². The molecular weight excluding hydrogens is 364 g/mol. The van der Waals surface area contributed by atoms with Crippen molar-refractivity contribution in [1.29, 1.82) is 0 Å². The molecule has 1 amide bonds. The molecule has 2 aromatic heterocycles. The molecule has 0 aliphatic carbocycles. The minimum atomic E-state index is -0.149. The Labute approximate surface area is 169 Å². The van der Waals surface area contributed by atoms with Gasteiger partial charge in [-0.25, -0.2) is 4.98 Å². The molecule has 4 aromatic rings. The second-order valence-electron chi connectivity index (χ2n) is 7.21. The lowest BCUT2D eigenvalue weighted by Crippen LogP contribution is -2.23. The first-order valence-corrected chi connectivity index (χ1v) is 9.79. The van der Waals surface area contributed by atoms with Crippen LogP contribution in [-0.4, -0.2) is 20.7 Å². The van der Waals surface area contributed by atoms with Crippen molar-refractivity contribution in [2.45, 2.75) is 32.7 Å². The Bertz CT molecular complexity index is 1110. The number of oxazole rings is 1. The molecule has 0 bridgehead atoms. The monoisotopic (exact) mass is 388 g/mol. The van der Waals surface area contributed by atoms with Crippen LogP contribution in [-0.2, 0) is 26.4 Å². The first-order chi connectivity index (χ1) is 14.1. The molecule has 0 unspecified atom stereocenters. The van der Waals surface area contributed by atoms with E-state index in [0.29, 0.717) is 29.1 Å². The van der Waals surface area contributed by atoms with Crippen LogP contribution in [0.5, 0.6) is 0 Å². The van der Waals surface area contributed by atoms with Crippen LogP contribution in [0.3, 0.4) is 0 Å². The summed E-state index contributed by atoms with van der Waals surface area (Å²) < 4.78 is 7.62. The van der Waals surface area contributed by atoms with Crippen molar-refractivity contribution in [3.8, 4) is 0 Å². The SMILES string of the molecule is Cc1cc(CNC(=O)c2ccc3oc(CCCc4ccccc4)nc3c2)nn1C. The molecule has 6 heteroatoms. The van der Waals surface area contributed by atoms with E-state index in [-0.39, 0.29) is 5.91 Å². The number of nitrogens with zero attached hydrogens (tertiary/aromatic N) is 3. The molecule has 0 radical (unpaired) electrons. The van der Waals surface area contributed by atoms with Gasteiger partial charge < -0.3 is 9.73 Å². The van der Waals surface area contributed by atoms with Crippen LogP contribution < -0.4 is 5.32 Å². The lowest BCUT2D eigenvalue weighted by Gasteiger charge is -2.02. The van der Waals surface area contributed by atoms with E-state index in [1.165, 1.54) is 5.56 Å². The van der Waals surface area contributed by atoms with Gasteiger partial charge in [0.05, 0.1) is 12.2 Å². The third-order valence-electron chi connectivity index (χ3n) is 4.99. The van der Waals surface area contributed by atoms with Gasteiger partial charge in [-0.15, -0.1) is 0 Å². The van der Waals surface area contributed by atoms with E-state index < -0.39 is 0 Å². The van der Waals surface area contributed by atoms with Gasteiger partial charge in [-0.2, -0.15) is 5.10 Å². The molecule has 0 fully saturated rings. The number of fused-ring (bicyclic) bond motifs is 1. The molecule has 0 saturated carbocycles. The van der Waals surface area contributed by atoms with Gasteiger partial charge in [-0.05, 0) is 49.6 Å². The minimum absolute atomic E-state index is 0.149. The molecule has 29 heavy (non-hydrogen) atoms. The maximum Gasteiger partial charge on any atom is 0.251 e. The predicted octanol–water partition coefficient (Wildman–Crippen LogP) is 3.98.